The molecule has 0 saturated carbocycles. The average Bonchev–Trinajstić information content (AvgIpc) is 2.67. The molecule has 0 spiro atoms. The van der Waals surface area contributed by atoms with Gasteiger partial charge in [-0.1, -0.05) is 30.3 Å². The number of ketones is 1. The van der Waals surface area contributed by atoms with Gasteiger partial charge in [-0.05, 0) is 47.2 Å². The van der Waals surface area contributed by atoms with Crippen LogP contribution in [0.15, 0.2) is 42.5 Å². The Kier molecular flexibility index (Phi) is 5.19. The van der Waals surface area contributed by atoms with E-state index < -0.39 is 11.9 Å². The molecule has 1 atom stereocenters. The summed E-state index contributed by atoms with van der Waals surface area (Å²) in [5, 5.41) is 0. The van der Waals surface area contributed by atoms with Crippen LogP contribution in [-0.4, -0.2) is 17.7 Å². The highest BCUT2D eigenvalue weighted by Crippen LogP contribution is 2.30. The zero-order valence-corrected chi connectivity index (χ0v) is 13.4. The minimum absolute atomic E-state index is 0. The van der Waals surface area contributed by atoms with Crippen molar-refractivity contribution in [1.29, 1.82) is 0 Å². The van der Waals surface area contributed by atoms with Gasteiger partial charge in [-0.2, -0.15) is 0 Å². The second-order valence-corrected chi connectivity index (χ2v) is 5.68. The Balaban J connectivity index is 0.00000192. The van der Waals surface area contributed by atoms with Crippen molar-refractivity contribution >= 4 is 24.1 Å². The summed E-state index contributed by atoms with van der Waals surface area (Å²) in [5.41, 5.74) is 15.8. The molecule has 0 aliphatic heterocycles. The molecule has 0 heterocycles. The predicted molar refractivity (Wildman–Crippen MR) is 92.7 cm³/mol. The largest absolute Gasteiger partial charge is 0.366 e. The average molecular weight is 331 g/mol. The second kappa shape index (κ2) is 6.94. The first kappa shape index (κ1) is 17.2. The van der Waals surface area contributed by atoms with Crippen LogP contribution < -0.4 is 11.5 Å². The predicted octanol–water partition coefficient (Wildman–Crippen LogP) is 2.26. The maximum atomic E-state index is 12.1. The number of hydrogen-bond donors (Lipinski definition) is 2. The van der Waals surface area contributed by atoms with E-state index in [2.05, 4.69) is 0 Å². The highest BCUT2D eigenvalue weighted by molar-refractivity contribution is 5.95. The lowest BCUT2D eigenvalue weighted by molar-refractivity contribution is -0.119. The number of Topliss-reactive ketones (excluding diaryl/α,β-unsaturated/α-hetero) is 1. The Hall–Kier alpha value is -2.17. The van der Waals surface area contributed by atoms with Gasteiger partial charge in [-0.3, -0.25) is 9.59 Å². The van der Waals surface area contributed by atoms with Gasteiger partial charge in [0.15, 0.2) is 5.78 Å². The Morgan fingerprint density at radius 2 is 1.87 bits per heavy atom. The van der Waals surface area contributed by atoms with Crippen LogP contribution >= 0.6 is 12.4 Å². The minimum Gasteiger partial charge on any atom is -0.366 e. The third-order valence-corrected chi connectivity index (χ3v) is 4.22. The summed E-state index contributed by atoms with van der Waals surface area (Å²) in [4.78, 5) is 23.5. The third kappa shape index (κ3) is 3.44. The van der Waals surface area contributed by atoms with Crippen LogP contribution in [0.5, 0.6) is 0 Å². The normalized spacial score (nSPS) is 16.9. The fraction of sp³-hybridized carbons (Fsp3) is 0.222. The van der Waals surface area contributed by atoms with Crippen LogP contribution in [0.2, 0.25) is 0 Å². The molecule has 1 aliphatic rings. The number of aryl methyl sites for hydroxylation is 1. The van der Waals surface area contributed by atoms with Gasteiger partial charge in [-0.25, -0.2) is 0 Å². The van der Waals surface area contributed by atoms with Crippen molar-refractivity contribution in [3.05, 3.63) is 59.2 Å². The lowest BCUT2D eigenvalue weighted by atomic mass is 9.91. The molecule has 2 aromatic carbocycles. The zero-order chi connectivity index (χ0) is 15.7. The maximum Gasteiger partial charge on any atom is 0.248 e. The van der Waals surface area contributed by atoms with Crippen molar-refractivity contribution in [1.82, 2.24) is 0 Å². The molecule has 5 heteroatoms. The van der Waals surface area contributed by atoms with E-state index in [0.717, 1.165) is 28.7 Å². The van der Waals surface area contributed by atoms with Gasteiger partial charge in [0.2, 0.25) is 5.91 Å². The van der Waals surface area contributed by atoms with Crippen molar-refractivity contribution in [2.24, 2.45) is 11.5 Å². The lowest BCUT2D eigenvalue weighted by Crippen LogP contribution is -2.30. The molecule has 1 aliphatic carbocycles. The highest BCUT2D eigenvalue weighted by Gasteiger charge is 2.22. The van der Waals surface area contributed by atoms with E-state index in [4.69, 9.17) is 11.5 Å². The summed E-state index contributed by atoms with van der Waals surface area (Å²) < 4.78 is 0. The third-order valence-electron chi connectivity index (χ3n) is 4.22. The topological polar surface area (TPSA) is 86.2 Å². The molecule has 0 saturated heterocycles. The second-order valence-electron chi connectivity index (χ2n) is 5.68. The Morgan fingerprint density at radius 3 is 2.61 bits per heavy atom. The van der Waals surface area contributed by atoms with Crippen LogP contribution in [0.1, 0.15) is 27.9 Å². The van der Waals surface area contributed by atoms with E-state index in [1.165, 1.54) is 0 Å². The molecule has 23 heavy (non-hydrogen) atoms. The van der Waals surface area contributed by atoms with Gasteiger partial charge in [-0.15, -0.1) is 12.4 Å². The lowest BCUT2D eigenvalue weighted by Gasteiger charge is -2.13. The molecule has 4 nitrogen and oxygen atoms in total. The van der Waals surface area contributed by atoms with Crippen molar-refractivity contribution in [3.63, 3.8) is 0 Å². The number of halogens is 1. The van der Waals surface area contributed by atoms with Gasteiger partial charge in [0.25, 0.3) is 0 Å². The molecule has 0 bridgehead atoms. The number of hydrogen-bond acceptors (Lipinski definition) is 3. The van der Waals surface area contributed by atoms with Gasteiger partial charge < -0.3 is 11.5 Å². The summed E-state index contributed by atoms with van der Waals surface area (Å²) in [6.07, 6.45) is 1.82. The molecule has 2 aromatic rings. The van der Waals surface area contributed by atoms with Crippen LogP contribution in [0.4, 0.5) is 0 Å². The van der Waals surface area contributed by atoms with Gasteiger partial charge in [0.05, 0.1) is 6.04 Å². The van der Waals surface area contributed by atoms with Crippen LogP contribution in [0.25, 0.3) is 11.1 Å². The van der Waals surface area contributed by atoms with Gasteiger partial charge >= 0.3 is 0 Å². The zero-order valence-electron chi connectivity index (χ0n) is 12.6. The molecule has 1 unspecified atom stereocenters. The summed E-state index contributed by atoms with van der Waals surface area (Å²) >= 11 is 0. The minimum atomic E-state index is -0.457. The number of nitrogens with two attached hydrogens (primary N) is 2. The number of primary amides is 1. The fourth-order valence-electron chi connectivity index (χ4n) is 2.97. The highest BCUT2D eigenvalue weighted by atomic mass is 35.5. The van der Waals surface area contributed by atoms with E-state index in [1.54, 1.807) is 18.2 Å². The SMILES string of the molecule is Cl.NC(=O)c1cccc(-c2cccc3c2CC(=O)C(N)CC3)c1. The number of rotatable bonds is 2. The van der Waals surface area contributed by atoms with E-state index in [0.29, 0.717) is 18.4 Å². The van der Waals surface area contributed by atoms with Gasteiger partial charge in [0.1, 0.15) is 0 Å². The van der Waals surface area contributed by atoms with Crippen molar-refractivity contribution in [2.75, 3.05) is 0 Å². The number of carbonyl (C=O) groups excluding carboxylic acids is 2. The molecule has 3 rings (SSSR count). The summed E-state index contributed by atoms with van der Waals surface area (Å²) in [6.45, 7) is 0. The summed E-state index contributed by atoms with van der Waals surface area (Å²) in [6, 6.07) is 12.8. The number of amides is 1. The first-order chi connectivity index (χ1) is 10.6. The first-order valence-corrected chi connectivity index (χ1v) is 7.35. The van der Waals surface area contributed by atoms with Gasteiger partial charge in [0, 0.05) is 12.0 Å². The molecule has 4 N–H and O–H groups in total. The Morgan fingerprint density at radius 1 is 1.13 bits per heavy atom. The van der Waals surface area contributed by atoms with Crippen LogP contribution in [0.3, 0.4) is 0 Å². The van der Waals surface area contributed by atoms with Crippen molar-refractivity contribution in [3.8, 4) is 11.1 Å². The Labute approximate surface area is 141 Å². The fourth-order valence-corrected chi connectivity index (χ4v) is 2.97. The monoisotopic (exact) mass is 330 g/mol. The number of carbonyl (C=O) groups is 2. The Bertz CT molecular complexity index is 758. The van der Waals surface area contributed by atoms with E-state index >= 15 is 0 Å². The first-order valence-electron chi connectivity index (χ1n) is 7.35. The quantitative estimate of drug-likeness (QED) is 0.828. The standard InChI is InChI=1S/C18H18N2O2.ClH/c19-16-8-7-11-3-2-6-14(15(11)10-17(16)21)12-4-1-5-13(9-12)18(20)22;/h1-6,9,16H,7-8,10,19H2,(H2,20,22);1H. The molecule has 0 fully saturated rings. The van der Waals surface area contributed by atoms with E-state index in [9.17, 15) is 9.59 Å². The molecule has 120 valence electrons. The van der Waals surface area contributed by atoms with Crippen molar-refractivity contribution in [2.45, 2.75) is 25.3 Å². The number of benzene rings is 2. The van der Waals surface area contributed by atoms with E-state index in [-0.39, 0.29) is 18.2 Å². The molecule has 0 aromatic heterocycles. The number of fused-ring (bicyclic) bond motifs is 1. The van der Waals surface area contributed by atoms with E-state index in [1.807, 2.05) is 24.3 Å². The maximum absolute atomic E-state index is 12.1. The van der Waals surface area contributed by atoms with Crippen LogP contribution in [-0.2, 0) is 17.6 Å². The smallest absolute Gasteiger partial charge is 0.248 e. The molecule has 1 amide bonds. The van der Waals surface area contributed by atoms with Crippen molar-refractivity contribution < 1.29 is 9.59 Å². The summed E-state index contributed by atoms with van der Waals surface area (Å²) in [5.74, 6) is -0.390. The van der Waals surface area contributed by atoms with Crippen LogP contribution in [0, 0.1) is 0 Å². The molecule has 0 radical (unpaired) electrons. The molecular weight excluding hydrogens is 312 g/mol. The summed E-state index contributed by atoms with van der Waals surface area (Å²) in [7, 11) is 0. The molecular formula is C18H19ClN2O2.